The van der Waals surface area contributed by atoms with Gasteiger partial charge in [-0.1, -0.05) is 28.4 Å². The fourth-order valence-corrected chi connectivity index (χ4v) is 2.18. The van der Waals surface area contributed by atoms with Gasteiger partial charge in [0.05, 0.1) is 9.95 Å². The zero-order chi connectivity index (χ0) is 17.1. The Bertz CT molecular complexity index is 818. The molecule has 0 amide bonds. The van der Waals surface area contributed by atoms with Crippen molar-refractivity contribution < 1.29 is 14.6 Å². The van der Waals surface area contributed by atoms with Gasteiger partial charge >= 0.3 is 11.7 Å². The van der Waals surface area contributed by atoms with Crippen LogP contribution in [0.25, 0.3) is 0 Å². The van der Waals surface area contributed by atoms with E-state index < -0.39 is 16.6 Å². The van der Waals surface area contributed by atoms with E-state index in [1.807, 2.05) is 0 Å². The third kappa shape index (κ3) is 3.58. The van der Waals surface area contributed by atoms with E-state index in [1.54, 1.807) is 0 Å². The van der Waals surface area contributed by atoms with Gasteiger partial charge in [-0.15, -0.1) is 0 Å². The Hall–Kier alpha value is -2.65. The van der Waals surface area contributed by atoms with Crippen molar-refractivity contribution >= 4 is 40.7 Å². The predicted molar refractivity (Wildman–Crippen MR) is 82.5 cm³/mol. The summed E-state index contributed by atoms with van der Waals surface area (Å²) in [6.45, 7) is 0. The molecule has 1 aromatic heterocycles. The van der Waals surface area contributed by atoms with E-state index in [1.165, 1.54) is 25.2 Å². The highest BCUT2D eigenvalue weighted by atomic mass is 35.5. The monoisotopic (exact) mass is 357 g/mol. The fraction of sp³-hybridized carbons (Fsp3) is 0.0833. The molecule has 120 valence electrons. The second kappa shape index (κ2) is 6.63. The number of oxime groups is 1. The summed E-state index contributed by atoms with van der Waals surface area (Å²) >= 11 is 11.7. The molecule has 0 aliphatic heterocycles. The molecule has 1 aromatic carbocycles. The first kappa shape index (κ1) is 16.7. The fourth-order valence-electron chi connectivity index (χ4n) is 1.68. The van der Waals surface area contributed by atoms with Crippen LogP contribution < -0.4 is 5.73 Å². The van der Waals surface area contributed by atoms with Crippen molar-refractivity contribution in [3.05, 3.63) is 55.8 Å². The lowest BCUT2D eigenvalue weighted by atomic mass is 10.2. The first-order valence-electron chi connectivity index (χ1n) is 5.98. The van der Waals surface area contributed by atoms with Crippen molar-refractivity contribution in [2.24, 2.45) is 17.9 Å². The van der Waals surface area contributed by atoms with Crippen LogP contribution in [0.3, 0.4) is 0 Å². The molecule has 9 nitrogen and oxygen atoms in total. The van der Waals surface area contributed by atoms with Gasteiger partial charge in [-0.2, -0.15) is 5.10 Å². The number of nitrogens with two attached hydrogens (primary N) is 1. The summed E-state index contributed by atoms with van der Waals surface area (Å²) in [4.78, 5) is 26.6. The molecule has 0 saturated heterocycles. The number of benzene rings is 1. The number of hydrogen-bond donors (Lipinski definition) is 1. The van der Waals surface area contributed by atoms with Crippen LogP contribution in [0, 0.1) is 10.1 Å². The lowest BCUT2D eigenvalue weighted by Crippen LogP contribution is -2.17. The molecule has 0 aliphatic carbocycles. The molecule has 0 unspecified atom stereocenters. The van der Waals surface area contributed by atoms with Gasteiger partial charge in [0.1, 0.15) is 6.20 Å². The molecule has 2 aromatic rings. The third-order valence-electron chi connectivity index (χ3n) is 2.74. The zero-order valence-electron chi connectivity index (χ0n) is 11.6. The van der Waals surface area contributed by atoms with Crippen molar-refractivity contribution in [1.82, 2.24) is 9.78 Å². The Kier molecular flexibility index (Phi) is 4.82. The average Bonchev–Trinajstić information content (AvgIpc) is 2.86. The van der Waals surface area contributed by atoms with Crippen LogP contribution in [-0.2, 0) is 11.9 Å². The summed E-state index contributed by atoms with van der Waals surface area (Å²) < 4.78 is 1.00. The maximum Gasteiger partial charge on any atom is 0.390 e. The van der Waals surface area contributed by atoms with Crippen molar-refractivity contribution in [1.29, 1.82) is 0 Å². The van der Waals surface area contributed by atoms with Crippen LogP contribution in [0.1, 0.15) is 16.1 Å². The minimum Gasteiger partial charge on any atom is -0.380 e. The van der Waals surface area contributed by atoms with E-state index >= 15 is 0 Å². The number of aromatic nitrogens is 2. The number of rotatable bonds is 4. The SMILES string of the molecule is Cn1ncc([N+](=O)[O-])c1C(=O)O/N=C(\N)c1ccc(Cl)cc1Cl. The number of carbonyl (C=O) groups excluding carboxylic acids is 1. The largest absolute Gasteiger partial charge is 0.390 e. The van der Waals surface area contributed by atoms with Crippen LogP contribution in [0.5, 0.6) is 0 Å². The first-order valence-corrected chi connectivity index (χ1v) is 6.73. The topological polar surface area (TPSA) is 126 Å². The summed E-state index contributed by atoms with van der Waals surface area (Å²) in [7, 11) is 1.35. The standard InChI is InChI=1S/C12H9Cl2N5O4/c1-18-10(9(5-16-18)19(21)22)12(20)23-17-11(15)7-3-2-6(13)4-8(7)14/h2-5H,1H3,(H2,15,17). The molecule has 1 heterocycles. The molecule has 23 heavy (non-hydrogen) atoms. The van der Waals surface area contributed by atoms with Crippen LogP contribution in [0.4, 0.5) is 5.69 Å². The number of halogens is 2. The van der Waals surface area contributed by atoms with Gasteiger partial charge in [-0.3, -0.25) is 14.8 Å². The molecule has 11 heteroatoms. The molecule has 0 saturated carbocycles. The molecule has 0 aliphatic rings. The molecular weight excluding hydrogens is 349 g/mol. The summed E-state index contributed by atoms with van der Waals surface area (Å²) in [5, 5.41) is 18.5. The highest BCUT2D eigenvalue weighted by Crippen LogP contribution is 2.21. The van der Waals surface area contributed by atoms with Crippen LogP contribution >= 0.6 is 23.2 Å². The Labute approximate surface area is 139 Å². The van der Waals surface area contributed by atoms with Crippen molar-refractivity contribution in [2.45, 2.75) is 0 Å². The van der Waals surface area contributed by atoms with Gasteiger partial charge in [-0.25, -0.2) is 4.79 Å². The van der Waals surface area contributed by atoms with E-state index in [0.29, 0.717) is 10.6 Å². The van der Waals surface area contributed by atoms with Crippen LogP contribution in [0.2, 0.25) is 10.0 Å². The zero-order valence-corrected chi connectivity index (χ0v) is 13.1. The van der Waals surface area contributed by atoms with Gasteiger partial charge in [0.2, 0.25) is 5.69 Å². The van der Waals surface area contributed by atoms with Gasteiger partial charge in [0.25, 0.3) is 0 Å². The maximum atomic E-state index is 11.9. The van der Waals surface area contributed by atoms with Gasteiger partial charge in [0, 0.05) is 17.6 Å². The Balaban J connectivity index is 2.24. The summed E-state index contributed by atoms with van der Waals surface area (Å²) in [6, 6.07) is 4.46. The molecule has 2 rings (SSSR count). The first-order chi connectivity index (χ1) is 10.8. The number of hydrogen-bond acceptors (Lipinski definition) is 6. The van der Waals surface area contributed by atoms with Crippen molar-refractivity contribution in [2.75, 3.05) is 0 Å². The average molecular weight is 358 g/mol. The van der Waals surface area contributed by atoms with E-state index in [2.05, 4.69) is 15.1 Å². The van der Waals surface area contributed by atoms with Crippen molar-refractivity contribution in [3.63, 3.8) is 0 Å². The minimum atomic E-state index is -1.08. The van der Waals surface area contributed by atoms with Gasteiger partial charge < -0.3 is 10.6 Å². The second-order valence-corrected chi connectivity index (χ2v) is 5.08. The number of aryl methyl sites for hydroxylation is 1. The summed E-state index contributed by atoms with van der Waals surface area (Å²) in [5.74, 6) is -1.27. The van der Waals surface area contributed by atoms with E-state index in [0.717, 1.165) is 10.9 Å². The molecule has 2 N–H and O–H groups in total. The lowest BCUT2D eigenvalue weighted by molar-refractivity contribution is -0.385. The number of carbonyl (C=O) groups is 1. The summed E-state index contributed by atoms with van der Waals surface area (Å²) in [5.41, 5.74) is 5.10. The van der Waals surface area contributed by atoms with E-state index in [-0.39, 0.29) is 16.6 Å². The normalized spacial score (nSPS) is 11.3. The molecule has 0 radical (unpaired) electrons. The molecule has 0 fully saturated rings. The quantitative estimate of drug-likeness (QED) is 0.293. The van der Waals surface area contributed by atoms with E-state index in [4.69, 9.17) is 28.9 Å². The molecule has 0 atom stereocenters. The third-order valence-corrected chi connectivity index (χ3v) is 3.29. The van der Waals surface area contributed by atoms with Gasteiger partial charge in [-0.05, 0) is 18.2 Å². The second-order valence-electron chi connectivity index (χ2n) is 4.24. The van der Waals surface area contributed by atoms with Crippen LogP contribution in [-0.4, -0.2) is 26.5 Å². The maximum absolute atomic E-state index is 11.9. The van der Waals surface area contributed by atoms with Gasteiger partial charge in [0.15, 0.2) is 5.84 Å². The number of amidine groups is 1. The Morgan fingerprint density at radius 3 is 2.78 bits per heavy atom. The Morgan fingerprint density at radius 1 is 1.48 bits per heavy atom. The smallest absolute Gasteiger partial charge is 0.380 e. The highest BCUT2D eigenvalue weighted by molar-refractivity contribution is 6.36. The molecule has 0 spiro atoms. The van der Waals surface area contributed by atoms with Crippen molar-refractivity contribution in [3.8, 4) is 0 Å². The number of nitrogens with zero attached hydrogens (tertiary/aromatic N) is 4. The van der Waals surface area contributed by atoms with E-state index in [9.17, 15) is 14.9 Å². The molecule has 0 bridgehead atoms. The lowest BCUT2D eigenvalue weighted by Gasteiger charge is -2.04. The summed E-state index contributed by atoms with van der Waals surface area (Å²) in [6.07, 6.45) is 0.930. The number of nitro groups is 1. The highest BCUT2D eigenvalue weighted by Gasteiger charge is 2.27. The Morgan fingerprint density at radius 2 is 2.17 bits per heavy atom. The predicted octanol–water partition coefficient (Wildman–Crippen LogP) is 2.11. The minimum absolute atomic E-state index is 0.190. The molecular formula is C12H9Cl2N5O4. The van der Waals surface area contributed by atoms with Crippen LogP contribution in [0.15, 0.2) is 29.6 Å².